The van der Waals surface area contributed by atoms with Crippen molar-refractivity contribution in [1.82, 2.24) is 5.32 Å². The second-order valence-corrected chi connectivity index (χ2v) is 6.12. The lowest BCUT2D eigenvalue weighted by molar-refractivity contribution is -0.109. The number of carbonyl (C=O) groups excluding carboxylic acids is 2. The van der Waals surface area contributed by atoms with E-state index in [2.05, 4.69) is 5.32 Å². The maximum absolute atomic E-state index is 11.5. The molecule has 0 aliphatic heterocycles. The Bertz CT molecular complexity index is 279. The van der Waals surface area contributed by atoms with Gasteiger partial charge in [0.1, 0.15) is 11.9 Å². The minimum Gasteiger partial charge on any atom is -0.444 e. The van der Waals surface area contributed by atoms with E-state index in [0.29, 0.717) is 6.42 Å². The lowest BCUT2D eigenvalue weighted by Gasteiger charge is -2.25. The van der Waals surface area contributed by atoms with Crippen molar-refractivity contribution in [2.75, 3.05) is 0 Å². The van der Waals surface area contributed by atoms with Gasteiger partial charge in [-0.05, 0) is 33.1 Å². The molecule has 0 heterocycles. The molecule has 18 heavy (non-hydrogen) atoms. The molecular weight excluding hydrogens is 230 g/mol. The normalized spacial score (nSPS) is 17.7. The van der Waals surface area contributed by atoms with E-state index >= 15 is 0 Å². The topological polar surface area (TPSA) is 55.4 Å². The number of hydrogen-bond donors (Lipinski definition) is 1. The number of nitrogens with one attached hydrogen (secondary N) is 1. The molecule has 0 spiro atoms. The molecule has 1 unspecified atom stereocenters. The van der Waals surface area contributed by atoms with Gasteiger partial charge < -0.3 is 14.8 Å². The van der Waals surface area contributed by atoms with E-state index in [0.717, 1.165) is 18.6 Å². The van der Waals surface area contributed by atoms with E-state index in [1.807, 2.05) is 0 Å². The first-order valence-corrected chi connectivity index (χ1v) is 6.85. The first kappa shape index (κ1) is 15.0. The summed E-state index contributed by atoms with van der Waals surface area (Å²) in [5.41, 5.74) is -0.524. The number of aldehydes is 1. The summed E-state index contributed by atoms with van der Waals surface area (Å²) in [5.74, 6) is 0.846. The highest BCUT2D eigenvalue weighted by Crippen LogP contribution is 2.30. The molecule has 1 fully saturated rings. The van der Waals surface area contributed by atoms with Gasteiger partial charge in [0, 0.05) is 0 Å². The number of carbonyl (C=O) groups is 2. The van der Waals surface area contributed by atoms with Crippen LogP contribution >= 0.6 is 0 Å². The van der Waals surface area contributed by atoms with Crippen LogP contribution < -0.4 is 5.32 Å². The number of alkyl carbamates (subject to hydrolysis) is 1. The van der Waals surface area contributed by atoms with E-state index in [9.17, 15) is 9.59 Å². The monoisotopic (exact) mass is 255 g/mol. The zero-order valence-electron chi connectivity index (χ0n) is 11.7. The number of ether oxygens (including phenoxy) is 1. The Balaban J connectivity index is 2.19. The van der Waals surface area contributed by atoms with Crippen LogP contribution in [0.25, 0.3) is 0 Å². The predicted octanol–water partition coefficient (Wildman–Crippen LogP) is 3.05. The molecule has 0 aromatic heterocycles. The lowest BCUT2D eigenvalue weighted by Crippen LogP contribution is -2.40. The molecule has 1 atom stereocenters. The van der Waals surface area contributed by atoms with E-state index in [4.69, 9.17) is 4.74 Å². The van der Waals surface area contributed by atoms with E-state index in [1.54, 1.807) is 20.8 Å². The molecule has 1 aliphatic carbocycles. The van der Waals surface area contributed by atoms with Crippen LogP contribution in [-0.2, 0) is 9.53 Å². The van der Waals surface area contributed by atoms with Gasteiger partial charge in [0.05, 0.1) is 6.04 Å². The SMILES string of the molecule is CC(C)(C)OC(=O)NC(C=O)CCCC1CCC1. The number of rotatable bonds is 6. The number of hydrogen-bond acceptors (Lipinski definition) is 3. The largest absolute Gasteiger partial charge is 0.444 e. The van der Waals surface area contributed by atoms with Crippen molar-refractivity contribution in [3.05, 3.63) is 0 Å². The molecule has 1 amide bonds. The van der Waals surface area contributed by atoms with Crippen molar-refractivity contribution in [3.8, 4) is 0 Å². The van der Waals surface area contributed by atoms with Gasteiger partial charge >= 0.3 is 6.09 Å². The molecular formula is C14H25NO3. The molecule has 1 saturated carbocycles. The fourth-order valence-corrected chi connectivity index (χ4v) is 2.04. The minimum atomic E-state index is -0.524. The Kier molecular flexibility index (Phi) is 5.63. The summed E-state index contributed by atoms with van der Waals surface area (Å²) in [4.78, 5) is 22.4. The third-order valence-electron chi connectivity index (χ3n) is 3.22. The van der Waals surface area contributed by atoms with Crippen LogP contribution in [0.15, 0.2) is 0 Å². The van der Waals surface area contributed by atoms with Crippen LogP contribution in [0.2, 0.25) is 0 Å². The first-order valence-electron chi connectivity index (χ1n) is 6.85. The summed E-state index contributed by atoms with van der Waals surface area (Å²) in [7, 11) is 0. The fraction of sp³-hybridized carbons (Fsp3) is 0.857. The predicted molar refractivity (Wildman–Crippen MR) is 70.4 cm³/mol. The molecule has 4 heteroatoms. The lowest BCUT2D eigenvalue weighted by atomic mass is 9.81. The quantitative estimate of drug-likeness (QED) is 0.742. The smallest absolute Gasteiger partial charge is 0.408 e. The second kappa shape index (κ2) is 6.76. The van der Waals surface area contributed by atoms with Crippen LogP contribution in [-0.4, -0.2) is 24.0 Å². The highest BCUT2D eigenvalue weighted by Gasteiger charge is 2.20. The molecule has 0 bridgehead atoms. The van der Waals surface area contributed by atoms with Crippen LogP contribution in [0.4, 0.5) is 4.79 Å². The summed E-state index contributed by atoms with van der Waals surface area (Å²) < 4.78 is 5.12. The summed E-state index contributed by atoms with van der Waals surface area (Å²) >= 11 is 0. The van der Waals surface area contributed by atoms with Crippen molar-refractivity contribution >= 4 is 12.4 Å². The molecule has 104 valence electrons. The highest BCUT2D eigenvalue weighted by molar-refractivity contribution is 5.73. The highest BCUT2D eigenvalue weighted by atomic mass is 16.6. The maximum atomic E-state index is 11.5. The Morgan fingerprint density at radius 3 is 2.56 bits per heavy atom. The van der Waals surface area contributed by atoms with E-state index in [-0.39, 0.29) is 0 Å². The van der Waals surface area contributed by atoms with Gasteiger partial charge in [-0.2, -0.15) is 0 Å². The van der Waals surface area contributed by atoms with Crippen molar-refractivity contribution in [3.63, 3.8) is 0 Å². The summed E-state index contributed by atoms with van der Waals surface area (Å²) in [6.45, 7) is 5.41. The van der Waals surface area contributed by atoms with Gasteiger partial charge in [-0.1, -0.05) is 32.1 Å². The molecule has 0 saturated heterocycles. The molecule has 1 rings (SSSR count). The van der Waals surface area contributed by atoms with Gasteiger partial charge in [-0.25, -0.2) is 4.79 Å². The maximum Gasteiger partial charge on any atom is 0.408 e. The molecule has 0 aromatic carbocycles. The standard InChI is InChI=1S/C14H25NO3/c1-14(2,3)18-13(17)15-12(10-16)9-5-8-11-6-4-7-11/h10-12H,4-9H2,1-3H3,(H,15,17). The zero-order valence-corrected chi connectivity index (χ0v) is 11.7. The van der Waals surface area contributed by atoms with Crippen molar-refractivity contribution in [2.45, 2.75) is 70.9 Å². The van der Waals surface area contributed by atoms with Gasteiger partial charge in [0.2, 0.25) is 0 Å². The van der Waals surface area contributed by atoms with Gasteiger partial charge in [-0.15, -0.1) is 0 Å². The van der Waals surface area contributed by atoms with E-state index < -0.39 is 17.7 Å². The van der Waals surface area contributed by atoms with Crippen LogP contribution in [0.1, 0.15) is 59.3 Å². The minimum absolute atomic E-state index is 0.417. The molecule has 4 nitrogen and oxygen atoms in total. The van der Waals surface area contributed by atoms with Gasteiger partial charge in [0.15, 0.2) is 0 Å². The first-order chi connectivity index (χ1) is 8.40. The average Bonchev–Trinajstić information content (AvgIpc) is 2.17. The molecule has 0 aromatic rings. The summed E-state index contributed by atoms with van der Waals surface area (Å²) in [6.07, 6.45) is 7.14. The fourth-order valence-electron chi connectivity index (χ4n) is 2.04. The van der Waals surface area contributed by atoms with Crippen molar-refractivity contribution in [1.29, 1.82) is 0 Å². The summed E-state index contributed by atoms with van der Waals surface area (Å²) in [5, 5.41) is 2.60. The van der Waals surface area contributed by atoms with Gasteiger partial charge in [-0.3, -0.25) is 0 Å². The van der Waals surface area contributed by atoms with Gasteiger partial charge in [0.25, 0.3) is 0 Å². The van der Waals surface area contributed by atoms with Crippen LogP contribution in [0.3, 0.4) is 0 Å². The second-order valence-electron chi connectivity index (χ2n) is 6.12. The van der Waals surface area contributed by atoms with E-state index in [1.165, 1.54) is 25.7 Å². The Morgan fingerprint density at radius 1 is 1.44 bits per heavy atom. The van der Waals surface area contributed by atoms with Crippen molar-refractivity contribution in [2.24, 2.45) is 5.92 Å². The third kappa shape index (κ3) is 6.03. The Hall–Kier alpha value is -1.06. The Morgan fingerprint density at radius 2 is 2.11 bits per heavy atom. The van der Waals surface area contributed by atoms with Crippen molar-refractivity contribution < 1.29 is 14.3 Å². The molecule has 1 N–H and O–H groups in total. The Labute approximate surface area is 109 Å². The summed E-state index contributed by atoms with van der Waals surface area (Å²) in [6, 6.07) is -0.417. The number of amides is 1. The average molecular weight is 255 g/mol. The van der Waals surface area contributed by atoms with Crippen LogP contribution in [0, 0.1) is 5.92 Å². The van der Waals surface area contributed by atoms with Crippen LogP contribution in [0.5, 0.6) is 0 Å². The third-order valence-corrected chi connectivity index (χ3v) is 3.22. The molecule has 0 radical (unpaired) electrons. The zero-order chi connectivity index (χ0) is 13.6. The molecule has 1 aliphatic rings.